The second kappa shape index (κ2) is 9.69. The SMILES string of the molecule is C=CCc1ccc(N(C)c2ncnc(NC)[n+]2N(C)c2ccc(CC=C)cc2)cc1. The number of aromatic nitrogens is 3. The summed E-state index contributed by atoms with van der Waals surface area (Å²) in [6.45, 7) is 7.62. The molecule has 0 bridgehead atoms. The first-order valence-electron chi connectivity index (χ1n) is 9.91. The van der Waals surface area contributed by atoms with E-state index in [0.29, 0.717) is 5.95 Å². The molecule has 0 spiro atoms. The quantitative estimate of drug-likeness (QED) is 0.435. The van der Waals surface area contributed by atoms with Crippen molar-refractivity contribution in [1.29, 1.82) is 0 Å². The second-order valence-electron chi connectivity index (χ2n) is 6.96. The van der Waals surface area contributed by atoms with E-state index in [1.54, 1.807) is 6.33 Å². The summed E-state index contributed by atoms with van der Waals surface area (Å²) < 4.78 is 1.96. The van der Waals surface area contributed by atoms with Gasteiger partial charge in [0, 0.05) is 21.1 Å². The normalized spacial score (nSPS) is 10.4. The Labute approximate surface area is 178 Å². The van der Waals surface area contributed by atoms with Gasteiger partial charge in [0.05, 0.1) is 11.4 Å². The molecule has 3 aromatic rings. The van der Waals surface area contributed by atoms with E-state index in [9.17, 15) is 0 Å². The summed E-state index contributed by atoms with van der Waals surface area (Å²) in [5.74, 6) is 1.43. The van der Waals surface area contributed by atoms with E-state index in [-0.39, 0.29) is 0 Å². The number of nitrogens with zero attached hydrogens (tertiary/aromatic N) is 5. The van der Waals surface area contributed by atoms with Crippen LogP contribution in [0, 0.1) is 0 Å². The Hall–Kier alpha value is -3.67. The fraction of sp³-hybridized carbons (Fsp3) is 0.208. The van der Waals surface area contributed by atoms with Crippen molar-refractivity contribution in [2.45, 2.75) is 12.8 Å². The smallest absolute Gasteiger partial charge is 0.308 e. The molecule has 1 heterocycles. The van der Waals surface area contributed by atoms with Gasteiger partial charge >= 0.3 is 11.9 Å². The van der Waals surface area contributed by atoms with Gasteiger partial charge in [0.2, 0.25) is 6.33 Å². The molecule has 30 heavy (non-hydrogen) atoms. The molecule has 0 radical (unpaired) electrons. The van der Waals surface area contributed by atoms with Gasteiger partial charge in [-0.1, -0.05) is 36.4 Å². The first-order valence-corrected chi connectivity index (χ1v) is 9.91. The molecule has 6 heteroatoms. The highest BCUT2D eigenvalue weighted by molar-refractivity contribution is 5.56. The number of hydrogen-bond acceptors (Lipinski definition) is 5. The molecule has 3 rings (SSSR count). The Kier molecular flexibility index (Phi) is 6.80. The zero-order valence-electron chi connectivity index (χ0n) is 17.9. The van der Waals surface area contributed by atoms with Gasteiger partial charge in [0.25, 0.3) is 0 Å². The van der Waals surface area contributed by atoms with Gasteiger partial charge in [-0.05, 0) is 48.2 Å². The zero-order chi connectivity index (χ0) is 21.5. The molecule has 1 aromatic heterocycles. The number of rotatable bonds is 9. The van der Waals surface area contributed by atoms with Gasteiger partial charge in [-0.15, -0.1) is 27.8 Å². The predicted molar refractivity (Wildman–Crippen MR) is 124 cm³/mol. The minimum absolute atomic E-state index is 0.688. The lowest BCUT2D eigenvalue weighted by atomic mass is 10.1. The highest BCUT2D eigenvalue weighted by Crippen LogP contribution is 2.22. The Morgan fingerprint density at radius 1 is 0.867 bits per heavy atom. The van der Waals surface area contributed by atoms with Crippen LogP contribution in [0.2, 0.25) is 0 Å². The third kappa shape index (κ3) is 4.49. The predicted octanol–water partition coefficient (Wildman–Crippen LogP) is 3.93. The molecule has 0 saturated heterocycles. The van der Waals surface area contributed by atoms with Gasteiger partial charge in [-0.25, -0.2) is 5.01 Å². The van der Waals surface area contributed by atoms with Crippen LogP contribution in [0.3, 0.4) is 0 Å². The van der Waals surface area contributed by atoms with Crippen molar-refractivity contribution in [2.24, 2.45) is 0 Å². The maximum atomic E-state index is 4.58. The van der Waals surface area contributed by atoms with Crippen molar-refractivity contribution in [3.63, 3.8) is 0 Å². The monoisotopic (exact) mass is 401 g/mol. The summed E-state index contributed by atoms with van der Waals surface area (Å²) in [4.78, 5) is 11.0. The standard InChI is InChI=1S/C24H28N6/c1-6-8-19-10-14-21(15-11-19)28(4)24-27-18-26-23(25-3)30(24)29(5)22-16-12-20(9-7-2)13-17-22/h6-7,10-18H,1-2,8-9H2,3-5H3/p+1. The molecule has 0 amide bonds. The molecular weight excluding hydrogens is 372 g/mol. The number of allylic oxidation sites excluding steroid dienone is 2. The molecule has 0 aliphatic heterocycles. The van der Waals surface area contributed by atoms with E-state index in [1.807, 2.05) is 47.9 Å². The fourth-order valence-electron chi connectivity index (χ4n) is 3.28. The lowest BCUT2D eigenvalue weighted by Gasteiger charge is -2.25. The largest absolute Gasteiger partial charge is 0.352 e. The van der Waals surface area contributed by atoms with E-state index >= 15 is 0 Å². The zero-order valence-corrected chi connectivity index (χ0v) is 17.9. The summed E-state index contributed by atoms with van der Waals surface area (Å²) in [6.07, 6.45) is 7.09. The van der Waals surface area contributed by atoms with Gasteiger partial charge in [-0.2, -0.15) is 0 Å². The fourth-order valence-corrected chi connectivity index (χ4v) is 3.28. The maximum Gasteiger partial charge on any atom is 0.352 e. The molecule has 2 aromatic carbocycles. The molecule has 6 nitrogen and oxygen atoms in total. The first kappa shape index (κ1) is 21.0. The van der Waals surface area contributed by atoms with Crippen LogP contribution in [-0.2, 0) is 12.8 Å². The molecule has 154 valence electrons. The molecular formula is C24H29N6+. The van der Waals surface area contributed by atoms with Crippen molar-refractivity contribution in [3.05, 3.63) is 91.3 Å². The summed E-state index contributed by atoms with van der Waals surface area (Å²) in [5.41, 5.74) is 4.51. The Bertz CT molecular complexity index is 995. The highest BCUT2D eigenvalue weighted by Gasteiger charge is 2.24. The minimum atomic E-state index is 0.688. The van der Waals surface area contributed by atoms with E-state index < -0.39 is 0 Å². The second-order valence-corrected chi connectivity index (χ2v) is 6.96. The Balaban J connectivity index is 1.99. The van der Waals surface area contributed by atoms with E-state index in [1.165, 1.54) is 11.1 Å². The van der Waals surface area contributed by atoms with Crippen molar-refractivity contribution in [1.82, 2.24) is 9.97 Å². The van der Waals surface area contributed by atoms with Gasteiger partial charge in [0.15, 0.2) is 0 Å². The van der Waals surface area contributed by atoms with Crippen molar-refractivity contribution >= 4 is 23.3 Å². The van der Waals surface area contributed by atoms with Gasteiger partial charge in [-0.3, -0.25) is 4.90 Å². The number of hydrogen-bond donors (Lipinski definition) is 1. The average molecular weight is 402 g/mol. The van der Waals surface area contributed by atoms with Crippen LogP contribution >= 0.6 is 0 Å². The number of nitrogens with one attached hydrogen (secondary N) is 1. The van der Waals surface area contributed by atoms with E-state index in [4.69, 9.17) is 0 Å². The van der Waals surface area contributed by atoms with Crippen LogP contribution in [0.1, 0.15) is 11.1 Å². The van der Waals surface area contributed by atoms with Crippen LogP contribution < -0.4 is 19.9 Å². The summed E-state index contributed by atoms with van der Waals surface area (Å²) in [5, 5.41) is 5.20. The minimum Gasteiger partial charge on any atom is -0.308 e. The van der Waals surface area contributed by atoms with Crippen molar-refractivity contribution in [3.8, 4) is 0 Å². The molecule has 0 aliphatic carbocycles. The lowest BCUT2D eigenvalue weighted by Crippen LogP contribution is -2.57. The van der Waals surface area contributed by atoms with Gasteiger partial charge in [0.1, 0.15) is 0 Å². The first-order chi connectivity index (χ1) is 14.6. The number of anilines is 4. The average Bonchev–Trinajstić information content (AvgIpc) is 2.79. The third-order valence-corrected chi connectivity index (χ3v) is 4.96. The van der Waals surface area contributed by atoms with Crippen LogP contribution in [0.4, 0.5) is 23.3 Å². The Morgan fingerprint density at radius 2 is 1.40 bits per heavy atom. The Morgan fingerprint density at radius 3 is 1.90 bits per heavy atom. The van der Waals surface area contributed by atoms with Crippen LogP contribution in [0.5, 0.6) is 0 Å². The third-order valence-electron chi connectivity index (χ3n) is 4.96. The molecule has 0 fully saturated rings. The highest BCUT2D eigenvalue weighted by atomic mass is 15.6. The van der Waals surface area contributed by atoms with Crippen LogP contribution in [-0.4, -0.2) is 31.1 Å². The topological polar surface area (TPSA) is 48.2 Å². The number of benzene rings is 2. The van der Waals surface area contributed by atoms with E-state index in [2.05, 4.69) is 77.0 Å². The lowest BCUT2D eigenvalue weighted by molar-refractivity contribution is -0.659. The molecule has 0 saturated carbocycles. The maximum absolute atomic E-state index is 4.58. The van der Waals surface area contributed by atoms with Crippen molar-refractivity contribution in [2.75, 3.05) is 36.4 Å². The van der Waals surface area contributed by atoms with Crippen LogP contribution in [0.15, 0.2) is 80.2 Å². The van der Waals surface area contributed by atoms with Crippen LogP contribution in [0.25, 0.3) is 0 Å². The molecule has 0 aliphatic rings. The summed E-state index contributed by atoms with van der Waals surface area (Å²) >= 11 is 0. The molecule has 1 N–H and O–H groups in total. The van der Waals surface area contributed by atoms with E-state index in [0.717, 1.165) is 30.2 Å². The molecule has 0 atom stereocenters. The summed E-state index contributed by atoms with van der Waals surface area (Å²) in [6, 6.07) is 16.8. The van der Waals surface area contributed by atoms with Gasteiger partial charge < -0.3 is 5.32 Å². The molecule has 0 unspecified atom stereocenters. The summed E-state index contributed by atoms with van der Waals surface area (Å²) in [7, 11) is 5.85. The van der Waals surface area contributed by atoms with Crippen molar-refractivity contribution < 1.29 is 4.68 Å².